The first kappa shape index (κ1) is 15.0. The molecule has 0 aromatic heterocycles. The van der Waals surface area contributed by atoms with Crippen LogP contribution < -0.4 is 0 Å². The van der Waals surface area contributed by atoms with Gasteiger partial charge in [0, 0.05) is 9.24 Å². The van der Waals surface area contributed by atoms with E-state index in [0.29, 0.717) is 6.35 Å². The van der Waals surface area contributed by atoms with Crippen LogP contribution in [0, 0.1) is 0 Å². The molecular formula is C20H20OP+. The van der Waals surface area contributed by atoms with E-state index in [1.165, 1.54) is 0 Å². The van der Waals surface area contributed by atoms with Gasteiger partial charge >= 0.3 is 0 Å². The van der Waals surface area contributed by atoms with E-state index in [4.69, 9.17) is 4.74 Å². The van der Waals surface area contributed by atoms with Crippen LogP contribution in [0.4, 0.5) is 0 Å². The second kappa shape index (κ2) is 6.87. The molecule has 0 saturated carbocycles. The molecule has 2 heteroatoms. The summed E-state index contributed by atoms with van der Waals surface area (Å²) >= 11 is 0. The van der Waals surface area contributed by atoms with Crippen LogP contribution in [0.2, 0.25) is 0 Å². The van der Waals surface area contributed by atoms with E-state index in [2.05, 4.69) is 72.8 Å². The van der Waals surface area contributed by atoms with E-state index < -0.39 is 5.60 Å². The van der Waals surface area contributed by atoms with Crippen molar-refractivity contribution in [2.45, 2.75) is 5.60 Å². The molecule has 3 aromatic carbocycles. The minimum Gasteiger partial charge on any atom is -0.326 e. The van der Waals surface area contributed by atoms with Gasteiger partial charge in [-0.05, 0) is 16.7 Å². The summed E-state index contributed by atoms with van der Waals surface area (Å²) in [4.78, 5) is 0. The van der Waals surface area contributed by atoms with Gasteiger partial charge in [-0.15, -0.1) is 0 Å². The smallest absolute Gasteiger partial charge is 0.152 e. The monoisotopic (exact) mass is 307 g/mol. The number of hydrogen-bond donors (Lipinski definition) is 0. The molecule has 1 nitrogen and oxygen atoms in total. The zero-order chi connectivity index (χ0) is 15.3. The topological polar surface area (TPSA) is 9.23 Å². The van der Waals surface area contributed by atoms with Gasteiger partial charge in [-0.2, -0.15) is 0 Å². The summed E-state index contributed by atoms with van der Waals surface area (Å²) in [5.74, 6) is 0. The van der Waals surface area contributed by atoms with E-state index in [0.717, 1.165) is 16.7 Å². The summed E-state index contributed by atoms with van der Waals surface area (Å²) < 4.78 is 6.40. The molecule has 1 unspecified atom stereocenters. The molecule has 0 heterocycles. The normalized spacial score (nSPS) is 11.5. The Balaban J connectivity index is 2.29. The second-order valence-corrected chi connectivity index (χ2v) is 5.54. The maximum absolute atomic E-state index is 6.40. The van der Waals surface area contributed by atoms with Crippen LogP contribution >= 0.6 is 9.24 Å². The molecule has 0 amide bonds. The fraction of sp³-hybridized carbons (Fsp3) is 0.100. The molecule has 22 heavy (non-hydrogen) atoms. The summed E-state index contributed by atoms with van der Waals surface area (Å²) in [5, 5.41) is 0. The molecule has 0 N–H and O–H groups in total. The Morgan fingerprint density at radius 2 is 0.909 bits per heavy atom. The van der Waals surface area contributed by atoms with Crippen molar-refractivity contribution >= 4 is 9.24 Å². The lowest BCUT2D eigenvalue weighted by Gasteiger charge is -2.34. The van der Waals surface area contributed by atoms with Crippen LogP contribution in [0.1, 0.15) is 16.7 Å². The molecule has 0 fully saturated rings. The third-order valence-corrected chi connectivity index (χ3v) is 4.06. The summed E-state index contributed by atoms with van der Waals surface area (Å²) in [7, 11) is 1.84. The van der Waals surface area contributed by atoms with Crippen LogP contribution in [0.3, 0.4) is 0 Å². The second-order valence-electron chi connectivity index (χ2n) is 5.13. The van der Waals surface area contributed by atoms with Crippen LogP contribution in [0.15, 0.2) is 91.0 Å². The quantitative estimate of drug-likeness (QED) is 0.496. The van der Waals surface area contributed by atoms with Gasteiger partial charge in [0.2, 0.25) is 0 Å². The Bertz CT molecular complexity index is 599. The molecule has 3 rings (SSSR count). The van der Waals surface area contributed by atoms with Gasteiger partial charge in [-0.25, -0.2) is 0 Å². The lowest BCUT2D eigenvalue weighted by atomic mass is 9.80. The predicted molar refractivity (Wildman–Crippen MR) is 96.3 cm³/mol. The Kier molecular flexibility index (Phi) is 4.68. The average molecular weight is 307 g/mol. The highest BCUT2D eigenvalue weighted by Crippen LogP contribution is 2.40. The molecule has 0 aliphatic carbocycles. The summed E-state index contributed by atoms with van der Waals surface area (Å²) in [6.07, 6.45) is 0.665. The molecule has 110 valence electrons. The lowest BCUT2D eigenvalue weighted by molar-refractivity contribution is 0.0464. The maximum atomic E-state index is 6.40. The van der Waals surface area contributed by atoms with E-state index >= 15 is 0 Å². The van der Waals surface area contributed by atoms with Gasteiger partial charge in [0.25, 0.3) is 0 Å². The highest BCUT2D eigenvalue weighted by Gasteiger charge is 2.37. The van der Waals surface area contributed by atoms with Crippen molar-refractivity contribution in [2.24, 2.45) is 0 Å². The molecule has 3 aromatic rings. The van der Waals surface area contributed by atoms with Crippen molar-refractivity contribution in [2.75, 3.05) is 6.35 Å². The molecule has 0 aliphatic rings. The first-order valence-electron chi connectivity index (χ1n) is 7.47. The molecule has 0 saturated heterocycles. The number of rotatable bonds is 5. The molecule has 0 radical (unpaired) electrons. The summed E-state index contributed by atoms with van der Waals surface area (Å²) in [5.41, 5.74) is 2.89. The van der Waals surface area contributed by atoms with E-state index in [1.807, 2.05) is 27.4 Å². The minimum absolute atomic E-state index is 0.564. The van der Waals surface area contributed by atoms with Crippen molar-refractivity contribution in [3.05, 3.63) is 108 Å². The van der Waals surface area contributed by atoms with Crippen molar-refractivity contribution in [3.63, 3.8) is 0 Å². The third-order valence-electron chi connectivity index (χ3n) is 3.86. The maximum Gasteiger partial charge on any atom is 0.152 e. The standard InChI is InChI=1S/C20H19OP/c22-16-21-20(17-10-4-1-5-11-17,18-12-6-2-7-13-18)19-14-8-3-9-15-19/h1-15H,16,22H2/p+1. The minimum atomic E-state index is -0.564. The van der Waals surface area contributed by atoms with E-state index in [-0.39, 0.29) is 0 Å². The SMILES string of the molecule is [PH3+]COC(c1ccccc1)(c1ccccc1)c1ccccc1. The first-order chi connectivity index (χ1) is 10.9. The van der Waals surface area contributed by atoms with Gasteiger partial charge in [0.1, 0.15) is 5.60 Å². The highest BCUT2D eigenvalue weighted by atomic mass is 31.0. The zero-order valence-corrected chi connectivity index (χ0v) is 13.9. The fourth-order valence-electron chi connectivity index (χ4n) is 2.92. The number of benzene rings is 3. The first-order valence-corrected chi connectivity index (χ1v) is 8.47. The largest absolute Gasteiger partial charge is 0.326 e. The average Bonchev–Trinajstić information content (AvgIpc) is 2.62. The molecule has 0 aliphatic heterocycles. The van der Waals surface area contributed by atoms with Gasteiger partial charge in [0.15, 0.2) is 6.35 Å². The lowest BCUT2D eigenvalue weighted by Crippen LogP contribution is -2.32. The molecule has 1 atom stereocenters. The molecule has 0 spiro atoms. The fourth-order valence-corrected chi connectivity index (χ4v) is 3.23. The van der Waals surface area contributed by atoms with Gasteiger partial charge in [0.05, 0.1) is 0 Å². The number of ether oxygens (including phenoxy) is 1. The van der Waals surface area contributed by atoms with Gasteiger partial charge in [-0.1, -0.05) is 91.0 Å². The van der Waals surface area contributed by atoms with Crippen LogP contribution in [0.25, 0.3) is 0 Å². The van der Waals surface area contributed by atoms with Crippen molar-refractivity contribution < 1.29 is 4.74 Å². The Morgan fingerprint density at radius 3 is 1.18 bits per heavy atom. The van der Waals surface area contributed by atoms with Crippen molar-refractivity contribution in [3.8, 4) is 0 Å². The van der Waals surface area contributed by atoms with Crippen LogP contribution in [-0.2, 0) is 10.3 Å². The van der Waals surface area contributed by atoms with Gasteiger partial charge in [-0.3, -0.25) is 0 Å². The Hall–Kier alpha value is -1.95. The van der Waals surface area contributed by atoms with Crippen molar-refractivity contribution in [1.29, 1.82) is 0 Å². The van der Waals surface area contributed by atoms with E-state index in [1.54, 1.807) is 0 Å². The van der Waals surface area contributed by atoms with Crippen LogP contribution in [0.5, 0.6) is 0 Å². The number of hydrogen-bond acceptors (Lipinski definition) is 1. The zero-order valence-electron chi connectivity index (χ0n) is 12.5. The Morgan fingerprint density at radius 1 is 0.591 bits per heavy atom. The summed E-state index contributed by atoms with van der Waals surface area (Å²) in [6.45, 7) is 0. The molecular weight excluding hydrogens is 287 g/mol. The third kappa shape index (κ3) is 2.70. The van der Waals surface area contributed by atoms with Gasteiger partial charge < -0.3 is 4.74 Å². The predicted octanol–water partition coefficient (Wildman–Crippen LogP) is 4.56. The van der Waals surface area contributed by atoms with Crippen molar-refractivity contribution in [1.82, 2.24) is 0 Å². The van der Waals surface area contributed by atoms with Crippen LogP contribution in [-0.4, -0.2) is 6.35 Å². The molecule has 0 bridgehead atoms. The van der Waals surface area contributed by atoms with E-state index in [9.17, 15) is 0 Å². The Labute approximate surface area is 134 Å². The summed E-state index contributed by atoms with van der Waals surface area (Å²) in [6, 6.07) is 31.3. The highest BCUT2D eigenvalue weighted by molar-refractivity contribution is 7.16.